The zero-order valence-electron chi connectivity index (χ0n) is 13.1. The normalized spacial score (nSPS) is 11.5. The van der Waals surface area contributed by atoms with Crippen molar-refractivity contribution in [1.82, 2.24) is 9.97 Å². The van der Waals surface area contributed by atoms with E-state index in [0.717, 1.165) is 11.9 Å². The van der Waals surface area contributed by atoms with Crippen LogP contribution in [0.5, 0.6) is 5.75 Å². The van der Waals surface area contributed by atoms with Crippen LogP contribution in [0.25, 0.3) is 16.5 Å². The molecule has 0 unspecified atom stereocenters. The summed E-state index contributed by atoms with van der Waals surface area (Å²) >= 11 is 4.30. The molecule has 0 saturated heterocycles. The second-order valence-corrected chi connectivity index (χ2v) is 5.76. The number of nitrogens with two attached hydrogens (primary N) is 2. The number of anilines is 3. The summed E-state index contributed by atoms with van der Waals surface area (Å²) in [6, 6.07) is 8.54. The summed E-state index contributed by atoms with van der Waals surface area (Å²) in [5.74, 6) is 0.429. The monoisotopic (exact) mass is 352 g/mol. The van der Waals surface area contributed by atoms with E-state index in [4.69, 9.17) is 16.9 Å². The molecule has 3 aromatic rings. The van der Waals surface area contributed by atoms with Crippen molar-refractivity contribution < 1.29 is 5.11 Å². The van der Waals surface area contributed by atoms with E-state index in [1.54, 1.807) is 24.3 Å². The molecule has 0 aliphatic heterocycles. The molecule has 25 heavy (non-hydrogen) atoms. The first-order valence-corrected chi connectivity index (χ1v) is 7.74. The lowest BCUT2D eigenvalue weighted by atomic mass is 10.0. The van der Waals surface area contributed by atoms with Crippen LogP contribution in [0.4, 0.5) is 17.2 Å². The SMILES string of the molecule is N=CC(=CN)c1cc(O)c2c(Nc3ccc(N)c(S)c3)ncnc2c1. The molecule has 8 heteroatoms. The Morgan fingerprint density at radius 3 is 2.72 bits per heavy atom. The van der Waals surface area contributed by atoms with Crippen LogP contribution >= 0.6 is 12.6 Å². The average molecular weight is 352 g/mol. The number of nitrogens with zero attached hydrogens (tertiary/aromatic N) is 2. The summed E-state index contributed by atoms with van der Waals surface area (Å²) in [6.45, 7) is 0. The molecular weight excluding hydrogens is 336 g/mol. The molecule has 7 N–H and O–H groups in total. The third-order valence-electron chi connectivity index (χ3n) is 3.68. The van der Waals surface area contributed by atoms with Crippen LogP contribution < -0.4 is 16.8 Å². The summed E-state index contributed by atoms with van der Waals surface area (Å²) in [5.41, 5.74) is 14.2. The minimum absolute atomic E-state index is 0.0154. The molecule has 2 aromatic carbocycles. The minimum atomic E-state index is -0.0154. The zero-order chi connectivity index (χ0) is 18.0. The smallest absolute Gasteiger partial charge is 0.145 e. The lowest BCUT2D eigenvalue weighted by molar-refractivity contribution is 0.481. The van der Waals surface area contributed by atoms with Crippen LogP contribution in [0.15, 0.2) is 47.8 Å². The van der Waals surface area contributed by atoms with Crippen molar-refractivity contribution in [2.75, 3.05) is 11.1 Å². The van der Waals surface area contributed by atoms with Gasteiger partial charge in [-0.2, -0.15) is 0 Å². The van der Waals surface area contributed by atoms with Gasteiger partial charge in [-0.1, -0.05) is 0 Å². The van der Waals surface area contributed by atoms with Crippen molar-refractivity contribution in [3.8, 4) is 5.75 Å². The standard InChI is InChI=1S/C17H16N6OS/c18-6-10(7-19)9-3-13-16(14(24)4-9)17(22-8-21-13)23-11-1-2-12(20)15(25)5-11/h1-8,18,24-25H,19-20H2,(H,21,22,23). The molecule has 0 atom stereocenters. The van der Waals surface area contributed by atoms with Gasteiger partial charge >= 0.3 is 0 Å². The van der Waals surface area contributed by atoms with E-state index in [2.05, 4.69) is 27.9 Å². The Kier molecular flexibility index (Phi) is 4.44. The van der Waals surface area contributed by atoms with Gasteiger partial charge in [-0.15, -0.1) is 12.6 Å². The van der Waals surface area contributed by atoms with Crippen LogP contribution in [0.2, 0.25) is 0 Å². The number of hydrogen-bond acceptors (Lipinski definition) is 8. The van der Waals surface area contributed by atoms with Crippen molar-refractivity contribution in [3.05, 3.63) is 48.4 Å². The fourth-order valence-corrected chi connectivity index (χ4v) is 2.63. The highest BCUT2D eigenvalue weighted by Gasteiger charge is 2.12. The maximum absolute atomic E-state index is 10.5. The second-order valence-electron chi connectivity index (χ2n) is 5.28. The maximum atomic E-state index is 10.5. The van der Waals surface area contributed by atoms with Crippen molar-refractivity contribution in [2.45, 2.75) is 4.90 Å². The number of hydrogen-bond donors (Lipinski definition) is 6. The Morgan fingerprint density at radius 2 is 2.04 bits per heavy atom. The predicted octanol–water partition coefficient (Wildman–Crippen LogP) is 2.90. The fraction of sp³-hybridized carbons (Fsp3) is 0. The van der Waals surface area contributed by atoms with Crippen LogP contribution in [-0.4, -0.2) is 21.3 Å². The highest BCUT2D eigenvalue weighted by molar-refractivity contribution is 7.80. The van der Waals surface area contributed by atoms with Gasteiger partial charge in [0.05, 0.1) is 10.9 Å². The molecule has 3 rings (SSSR count). The van der Waals surface area contributed by atoms with Gasteiger partial charge < -0.3 is 27.3 Å². The molecule has 126 valence electrons. The molecule has 7 nitrogen and oxygen atoms in total. The Balaban J connectivity index is 2.10. The molecule has 0 amide bonds. The predicted molar refractivity (Wildman–Crippen MR) is 104 cm³/mol. The number of fused-ring (bicyclic) bond motifs is 1. The minimum Gasteiger partial charge on any atom is -0.507 e. The van der Waals surface area contributed by atoms with Gasteiger partial charge in [0, 0.05) is 34.3 Å². The van der Waals surface area contributed by atoms with Crippen LogP contribution in [0.1, 0.15) is 5.56 Å². The summed E-state index contributed by atoms with van der Waals surface area (Å²) < 4.78 is 0. The lowest BCUT2D eigenvalue weighted by Crippen LogP contribution is -1.98. The quantitative estimate of drug-likeness (QED) is 0.243. The first kappa shape index (κ1) is 16.6. The molecule has 0 saturated carbocycles. The van der Waals surface area contributed by atoms with Crippen molar-refractivity contribution in [3.63, 3.8) is 0 Å². The fourth-order valence-electron chi connectivity index (χ4n) is 2.42. The van der Waals surface area contributed by atoms with Gasteiger partial charge in [-0.3, -0.25) is 0 Å². The van der Waals surface area contributed by atoms with Crippen LogP contribution in [0, 0.1) is 5.41 Å². The first-order chi connectivity index (χ1) is 12.0. The maximum Gasteiger partial charge on any atom is 0.145 e. The summed E-state index contributed by atoms with van der Waals surface area (Å²) in [6.07, 6.45) is 3.81. The third-order valence-corrected chi connectivity index (χ3v) is 4.07. The number of allylic oxidation sites excluding steroid dienone is 1. The molecule has 0 radical (unpaired) electrons. The molecule has 0 spiro atoms. The molecular formula is C17H16N6OS. The van der Waals surface area contributed by atoms with Crippen molar-refractivity contribution in [2.24, 2.45) is 5.73 Å². The highest BCUT2D eigenvalue weighted by atomic mass is 32.1. The van der Waals surface area contributed by atoms with E-state index in [9.17, 15) is 5.11 Å². The summed E-state index contributed by atoms with van der Waals surface area (Å²) in [7, 11) is 0. The van der Waals surface area contributed by atoms with Crippen molar-refractivity contribution >= 4 is 52.5 Å². The average Bonchev–Trinajstić information content (AvgIpc) is 2.59. The number of benzene rings is 2. The topological polar surface area (TPSA) is 134 Å². The number of rotatable bonds is 4. The number of aromatic nitrogens is 2. The molecule has 1 aromatic heterocycles. The summed E-state index contributed by atoms with van der Waals surface area (Å²) in [5, 5.41) is 21.4. The number of thiol groups is 1. The lowest BCUT2D eigenvalue weighted by Gasteiger charge is -2.12. The van der Waals surface area contributed by atoms with Gasteiger partial charge in [-0.25, -0.2) is 9.97 Å². The van der Waals surface area contributed by atoms with Gasteiger partial charge in [0.2, 0.25) is 0 Å². The van der Waals surface area contributed by atoms with Gasteiger partial charge in [0.15, 0.2) is 0 Å². The van der Waals surface area contributed by atoms with Gasteiger partial charge in [0.1, 0.15) is 17.9 Å². The Morgan fingerprint density at radius 1 is 1.24 bits per heavy atom. The second kappa shape index (κ2) is 6.70. The van der Waals surface area contributed by atoms with Gasteiger partial charge in [-0.05, 0) is 35.9 Å². The third kappa shape index (κ3) is 3.20. The molecule has 0 aliphatic rings. The van der Waals surface area contributed by atoms with Crippen LogP contribution in [-0.2, 0) is 0 Å². The van der Waals surface area contributed by atoms with E-state index >= 15 is 0 Å². The molecule has 1 heterocycles. The largest absolute Gasteiger partial charge is 0.507 e. The summed E-state index contributed by atoms with van der Waals surface area (Å²) in [4.78, 5) is 9.04. The van der Waals surface area contributed by atoms with Crippen LogP contribution in [0.3, 0.4) is 0 Å². The number of nitrogen functional groups attached to an aromatic ring is 1. The number of phenolic OH excluding ortho intramolecular Hbond substituents is 1. The molecule has 0 fully saturated rings. The first-order valence-electron chi connectivity index (χ1n) is 7.29. The zero-order valence-corrected chi connectivity index (χ0v) is 14.0. The highest BCUT2D eigenvalue weighted by Crippen LogP contribution is 2.34. The number of nitrogens with one attached hydrogen (secondary N) is 2. The Labute approximate surface area is 149 Å². The van der Waals surface area contributed by atoms with E-state index in [-0.39, 0.29) is 5.75 Å². The molecule has 0 bridgehead atoms. The Bertz CT molecular complexity index is 1000. The van der Waals surface area contributed by atoms with E-state index in [0.29, 0.717) is 38.4 Å². The van der Waals surface area contributed by atoms with E-state index < -0.39 is 0 Å². The Hall–Kier alpha value is -3.26. The number of aromatic hydroxyl groups is 1. The van der Waals surface area contributed by atoms with Gasteiger partial charge in [0.25, 0.3) is 0 Å². The molecule has 0 aliphatic carbocycles. The number of phenols is 1. The van der Waals surface area contributed by atoms with E-state index in [1.807, 2.05) is 0 Å². The van der Waals surface area contributed by atoms with E-state index in [1.165, 1.54) is 18.6 Å². The van der Waals surface area contributed by atoms with Crippen molar-refractivity contribution in [1.29, 1.82) is 5.41 Å².